The molecule has 1 aliphatic rings. The third-order valence-electron chi connectivity index (χ3n) is 4.05. The van der Waals surface area contributed by atoms with E-state index in [0.29, 0.717) is 12.5 Å². The molecule has 0 aromatic heterocycles. The lowest BCUT2D eigenvalue weighted by Crippen LogP contribution is -2.30. The Kier molecular flexibility index (Phi) is 4.37. The lowest BCUT2D eigenvalue weighted by Gasteiger charge is -2.32. The van der Waals surface area contributed by atoms with E-state index in [4.69, 9.17) is 9.29 Å². The monoisotopic (exact) mass is 250 g/mol. The van der Waals surface area contributed by atoms with Crippen molar-refractivity contribution in [3.63, 3.8) is 0 Å². The zero-order valence-corrected chi connectivity index (χ0v) is 11.1. The van der Waals surface area contributed by atoms with Crippen LogP contribution < -0.4 is 0 Å². The highest BCUT2D eigenvalue weighted by Gasteiger charge is 2.43. The van der Waals surface area contributed by atoms with Gasteiger partial charge in [0.15, 0.2) is 0 Å². The van der Waals surface area contributed by atoms with Crippen LogP contribution in [-0.4, -0.2) is 32.4 Å². The SMILES string of the molecule is COCCC1CCC(CS(=O)(=O)O)C1(C)C. The predicted molar refractivity (Wildman–Crippen MR) is 62.9 cm³/mol. The van der Waals surface area contributed by atoms with Crippen molar-refractivity contribution in [2.24, 2.45) is 17.3 Å². The first-order valence-corrected chi connectivity index (χ1v) is 7.32. The number of ether oxygens (including phenoxy) is 1. The van der Waals surface area contributed by atoms with Gasteiger partial charge in [0.2, 0.25) is 0 Å². The van der Waals surface area contributed by atoms with Crippen LogP contribution in [0.3, 0.4) is 0 Å². The van der Waals surface area contributed by atoms with E-state index < -0.39 is 10.1 Å². The molecule has 0 aliphatic heterocycles. The van der Waals surface area contributed by atoms with Crippen LogP contribution in [0.15, 0.2) is 0 Å². The van der Waals surface area contributed by atoms with Gasteiger partial charge in [-0.15, -0.1) is 0 Å². The maximum atomic E-state index is 10.9. The fourth-order valence-corrected chi connectivity index (χ4v) is 3.91. The molecule has 0 radical (unpaired) electrons. The maximum absolute atomic E-state index is 10.9. The van der Waals surface area contributed by atoms with Crippen LogP contribution in [0.2, 0.25) is 0 Å². The minimum absolute atomic E-state index is 0.0334. The van der Waals surface area contributed by atoms with E-state index in [2.05, 4.69) is 13.8 Å². The van der Waals surface area contributed by atoms with E-state index >= 15 is 0 Å². The minimum Gasteiger partial charge on any atom is -0.385 e. The van der Waals surface area contributed by atoms with Gasteiger partial charge in [-0.2, -0.15) is 8.42 Å². The lowest BCUT2D eigenvalue weighted by atomic mass is 9.75. The van der Waals surface area contributed by atoms with Crippen LogP contribution in [0.25, 0.3) is 0 Å². The molecule has 0 spiro atoms. The average molecular weight is 250 g/mol. The summed E-state index contributed by atoms with van der Waals surface area (Å²) in [6, 6.07) is 0. The zero-order chi connectivity index (χ0) is 12.4. The Balaban J connectivity index is 2.64. The molecule has 0 amide bonds. The van der Waals surface area contributed by atoms with Crippen LogP contribution in [0.1, 0.15) is 33.1 Å². The summed E-state index contributed by atoms with van der Waals surface area (Å²) < 4.78 is 35.8. The molecule has 1 aliphatic carbocycles. The van der Waals surface area contributed by atoms with Gasteiger partial charge in [-0.25, -0.2) is 0 Å². The van der Waals surface area contributed by atoms with Crippen molar-refractivity contribution in [2.45, 2.75) is 33.1 Å². The Morgan fingerprint density at radius 3 is 2.38 bits per heavy atom. The molecule has 0 bridgehead atoms. The Morgan fingerprint density at radius 1 is 1.31 bits per heavy atom. The molecule has 1 fully saturated rings. The van der Waals surface area contributed by atoms with Gasteiger partial charge < -0.3 is 4.74 Å². The van der Waals surface area contributed by atoms with Crippen LogP contribution >= 0.6 is 0 Å². The van der Waals surface area contributed by atoms with Crippen molar-refractivity contribution in [2.75, 3.05) is 19.5 Å². The Hall–Kier alpha value is -0.130. The molecule has 1 saturated carbocycles. The Labute approximate surface area is 98.1 Å². The molecule has 96 valence electrons. The van der Waals surface area contributed by atoms with Gasteiger partial charge in [-0.05, 0) is 36.5 Å². The molecule has 4 nitrogen and oxygen atoms in total. The van der Waals surface area contributed by atoms with E-state index in [1.165, 1.54) is 0 Å². The average Bonchev–Trinajstić information content (AvgIpc) is 2.37. The van der Waals surface area contributed by atoms with Crippen molar-refractivity contribution < 1.29 is 17.7 Å². The largest absolute Gasteiger partial charge is 0.385 e. The molecule has 1 N–H and O–H groups in total. The second-order valence-electron chi connectivity index (χ2n) is 5.32. The number of hydrogen-bond donors (Lipinski definition) is 1. The quantitative estimate of drug-likeness (QED) is 0.758. The Morgan fingerprint density at radius 2 is 1.88 bits per heavy atom. The molecule has 0 heterocycles. The number of rotatable bonds is 5. The predicted octanol–water partition coefficient (Wildman–Crippen LogP) is 1.96. The highest BCUT2D eigenvalue weighted by Crippen LogP contribution is 2.49. The molecule has 2 atom stereocenters. The number of hydrogen-bond acceptors (Lipinski definition) is 3. The lowest BCUT2D eigenvalue weighted by molar-refractivity contribution is 0.128. The highest BCUT2D eigenvalue weighted by molar-refractivity contribution is 7.85. The fraction of sp³-hybridized carbons (Fsp3) is 1.00. The van der Waals surface area contributed by atoms with E-state index in [-0.39, 0.29) is 17.1 Å². The summed E-state index contributed by atoms with van der Waals surface area (Å²) >= 11 is 0. The van der Waals surface area contributed by atoms with E-state index in [0.717, 1.165) is 19.3 Å². The van der Waals surface area contributed by atoms with Crippen LogP contribution in [0.4, 0.5) is 0 Å². The third-order valence-corrected chi connectivity index (χ3v) is 4.87. The van der Waals surface area contributed by atoms with Crippen LogP contribution in [0.5, 0.6) is 0 Å². The van der Waals surface area contributed by atoms with Gasteiger partial charge in [-0.1, -0.05) is 13.8 Å². The van der Waals surface area contributed by atoms with Crippen molar-refractivity contribution in [1.29, 1.82) is 0 Å². The van der Waals surface area contributed by atoms with E-state index in [1.807, 2.05) is 0 Å². The highest BCUT2D eigenvalue weighted by atomic mass is 32.2. The van der Waals surface area contributed by atoms with E-state index in [9.17, 15) is 8.42 Å². The van der Waals surface area contributed by atoms with Gasteiger partial charge in [-0.3, -0.25) is 4.55 Å². The molecule has 5 heteroatoms. The molecular weight excluding hydrogens is 228 g/mol. The van der Waals surface area contributed by atoms with Gasteiger partial charge in [0, 0.05) is 13.7 Å². The summed E-state index contributed by atoms with van der Waals surface area (Å²) in [5.74, 6) is 0.437. The zero-order valence-electron chi connectivity index (χ0n) is 10.3. The summed E-state index contributed by atoms with van der Waals surface area (Å²) in [6.07, 6.45) is 2.86. The van der Waals surface area contributed by atoms with Crippen molar-refractivity contribution in [3.05, 3.63) is 0 Å². The van der Waals surface area contributed by atoms with Crippen LogP contribution in [0, 0.1) is 17.3 Å². The van der Waals surface area contributed by atoms with Gasteiger partial charge in [0.05, 0.1) is 5.75 Å². The van der Waals surface area contributed by atoms with Crippen molar-refractivity contribution in [1.82, 2.24) is 0 Å². The number of methoxy groups -OCH3 is 1. The molecule has 1 rings (SSSR count). The van der Waals surface area contributed by atoms with Gasteiger partial charge in [0.25, 0.3) is 10.1 Å². The standard InChI is InChI=1S/C11H22O4S/c1-11(2)9(6-7-15-3)4-5-10(11)8-16(12,13)14/h9-10H,4-8H2,1-3H3,(H,12,13,14). The summed E-state index contributed by atoms with van der Waals surface area (Å²) in [7, 11) is -2.18. The molecule has 0 aromatic carbocycles. The first-order chi connectivity index (χ1) is 7.27. The smallest absolute Gasteiger partial charge is 0.265 e. The van der Waals surface area contributed by atoms with Gasteiger partial charge in [0.1, 0.15) is 0 Å². The normalized spacial score (nSPS) is 29.5. The van der Waals surface area contributed by atoms with Crippen molar-refractivity contribution in [3.8, 4) is 0 Å². The first kappa shape index (κ1) is 13.9. The van der Waals surface area contributed by atoms with Crippen molar-refractivity contribution >= 4 is 10.1 Å². The first-order valence-electron chi connectivity index (χ1n) is 5.71. The topological polar surface area (TPSA) is 63.6 Å². The summed E-state index contributed by atoms with van der Waals surface area (Å²) in [5, 5.41) is 0. The summed E-state index contributed by atoms with van der Waals surface area (Å²) in [4.78, 5) is 0. The molecule has 0 saturated heterocycles. The minimum atomic E-state index is -3.85. The molecule has 2 unspecified atom stereocenters. The second kappa shape index (κ2) is 5.02. The summed E-state index contributed by atoms with van der Waals surface area (Å²) in [5.41, 5.74) is -0.0334. The molecular formula is C11H22O4S. The molecule has 16 heavy (non-hydrogen) atoms. The van der Waals surface area contributed by atoms with Crippen LogP contribution in [-0.2, 0) is 14.9 Å². The molecule has 0 aromatic rings. The fourth-order valence-electron chi connectivity index (χ4n) is 2.81. The van der Waals surface area contributed by atoms with Gasteiger partial charge >= 0.3 is 0 Å². The third kappa shape index (κ3) is 3.43. The maximum Gasteiger partial charge on any atom is 0.265 e. The second-order valence-corrected chi connectivity index (χ2v) is 6.82. The Bertz CT molecular complexity index is 321. The van der Waals surface area contributed by atoms with E-state index in [1.54, 1.807) is 7.11 Å². The summed E-state index contributed by atoms with van der Waals surface area (Å²) in [6.45, 7) is 4.90.